The second-order valence-electron chi connectivity index (χ2n) is 6.32. The summed E-state index contributed by atoms with van der Waals surface area (Å²) >= 11 is 6.01. The Bertz CT molecular complexity index is 1080. The van der Waals surface area contributed by atoms with Crippen LogP contribution >= 0.6 is 11.6 Å². The molecule has 3 rings (SSSR count). The summed E-state index contributed by atoms with van der Waals surface area (Å²) < 4.78 is 10.6. The molecular formula is C23H20ClN3O4. The van der Waals surface area contributed by atoms with Gasteiger partial charge in [-0.3, -0.25) is 9.59 Å². The van der Waals surface area contributed by atoms with Gasteiger partial charge in [0.2, 0.25) is 0 Å². The number of ether oxygens (including phenoxy) is 2. The Morgan fingerprint density at radius 2 is 1.77 bits per heavy atom. The molecule has 0 aliphatic rings. The minimum atomic E-state index is -0.348. The normalized spacial score (nSPS) is 10.5. The molecule has 0 saturated carbocycles. The average Bonchev–Trinajstić information content (AvgIpc) is 2.80. The minimum Gasteiger partial charge on any atom is -0.497 e. The number of anilines is 1. The third-order valence-electron chi connectivity index (χ3n) is 4.11. The van der Waals surface area contributed by atoms with Crippen molar-refractivity contribution >= 4 is 35.3 Å². The quantitative estimate of drug-likeness (QED) is 0.409. The number of para-hydroxylation sites is 1. The van der Waals surface area contributed by atoms with Gasteiger partial charge in [-0.2, -0.15) is 5.10 Å². The molecule has 0 aliphatic carbocycles. The third kappa shape index (κ3) is 6.58. The van der Waals surface area contributed by atoms with Crippen LogP contribution in [0.2, 0.25) is 5.02 Å². The van der Waals surface area contributed by atoms with Crippen molar-refractivity contribution in [2.24, 2.45) is 5.10 Å². The Kier molecular flexibility index (Phi) is 7.61. The zero-order valence-corrected chi connectivity index (χ0v) is 17.4. The van der Waals surface area contributed by atoms with Gasteiger partial charge in [-0.1, -0.05) is 29.8 Å². The van der Waals surface area contributed by atoms with E-state index in [9.17, 15) is 9.59 Å². The van der Waals surface area contributed by atoms with Gasteiger partial charge in [0.1, 0.15) is 11.5 Å². The molecule has 0 unspecified atom stereocenters. The maximum Gasteiger partial charge on any atom is 0.271 e. The van der Waals surface area contributed by atoms with Crippen molar-refractivity contribution in [3.05, 3.63) is 88.9 Å². The number of halogens is 1. The Morgan fingerprint density at radius 3 is 2.52 bits per heavy atom. The van der Waals surface area contributed by atoms with Gasteiger partial charge in [-0.05, 0) is 60.2 Å². The van der Waals surface area contributed by atoms with Crippen molar-refractivity contribution in [1.82, 2.24) is 5.43 Å². The minimum absolute atomic E-state index is 0.157. The fourth-order valence-electron chi connectivity index (χ4n) is 2.54. The van der Waals surface area contributed by atoms with Crippen molar-refractivity contribution in [1.29, 1.82) is 0 Å². The highest BCUT2D eigenvalue weighted by Gasteiger charge is 2.07. The zero-order chi connectivity index (χ0) is 22.1. The van der Waals surface area contributed by atoms with Gasteiger partial charge in [0.25, 0.3) is 11.8 Å². The van der Waals surface area contributed by atoms with Crippen molar-refractivity contribution in [2.75, 3.05) is 19.0 Å². The van der Waals surface area contributed by atoms with Crippen LogP contribution in [0.1, 0.15) is 15.9 Å². The fraction of sp³-hybridized carbons (Fsp3) is 0.0870. The van der Waals surface area contributed by atoms with Crippen molar-refractivity contribution in [3.8, 4) is 11.5 Å². The lowest BCUT2D eigenvalue weighted by atomic mass is 10.2. The van der Waals surface area contributed by atoms with Gasteiger partial charge in [-0.15, -0.1) is 0 Å². The summed E-state index contributed by atoms with van der Waals surface area (Å²) in [4.78, 5) is 24.1. The number of methoxy groups -OCH3 is 1. The van der Waals surface area contributed by atoms with E-state index in [-0.39, 0.29) is 18.4 Å². The molecule has 31 heavy (non-hydrogen) atoms. The van der Waals surface area contributed by atoms with Crippen LogP contribution in [0.4, 0.5) is 5.69 Å². The maximum atomic E-state index is 12.1. The largest absolute Gasteiger partial charge is 0.497 e. The molecule has 0 heterocycles. The van der Waals surface area contributed by atoms with Crippen LogP contribution in [0.5, 0.6) is 11.5 Å². The number of nitrogens with zero attached hydrogens (tertiary/aromatic N) is 1. The molecule has 0 spiro atoms. The van der Waals surface area contributed by atoms with Crippen LogP contribution in [0, 0.1) is 0 Å². The summed E-state index contributed by atoms with van der Waals surface area (Å²) in [6.07, 6.45) is 1.51. The molecule has 2 N–H and O–H groups in total. The molecule has 0 radical (unpaired) electrons. The highest BCUT2D eigenvalue weighted by atomic mass is 35.5. The summed E-state index contributed by atoms with van der Waals surface area (Å²) in [7, 11) is 1.54. The lowest BCUT2D eigenvalue weighted by Crippen LogP contribution is -2.20. The number of hydrazone groups is 1. The molecule has 8 heteroatoms. The standard InChI is InChI=1S/C23H20ClN3O4/c1-30-19-6-4-5-17(13-19)23(29)27-25-14-16-9-11-18(12-10-16)31-15-22(28)26-21-8-3-2-7-20(21)24/h2-14H,15H2,1H3,(H,26,28)(H,27,29)/b25-14-. The number of hydrogen-bond donors (Lipinski definition) is 2. The van der Waals surface area contributed by atoms with E-state index in [0.717, 1.165) is 5.56 Å². The van der Waals surface area contributed by atoms with Gasteiger partial charge in [0.15, 0.2) is 6.61 Å². The van der Waals surface area contributed by atoms with E-state index in [2.05, 4.69) is 15.8 Å². The van der Waals surface area contributed by atoms with E-state index in [1.54, 1.807) is 72.8 Å². The van der Waals surface area contributed by atoms with Gasteiger partial charge in [0, 0.05) is 5.56 Å². The topological polar surface area (TPSA) is 89.0 Å². The van der Waals surface area contributed by atoms with E-state index in [1.165, 1.54) is 13.3 Å². The molecule has 7 nitrogen and oxygen atoms in total. The number of carbonyl (C=O) groups excluding carboxylic acids is 2. The maximum absolute atomic E-state index is 12.1. The van der Waals surface area contributed by atoms with Crippen molar-refractivity contribution in [3.63, 3.8) is 0 Å². The van der Waals surface area contributed by atoms with Crippen LogP contribution in [0.15, 0.2) is 77.9 Å². The predicted octanol–water partition coefficient (Wildman–Crippen LogP) is 4.13. The molecule has 0 atom stereocenters. The Morgan fingerprint density at radius 1 is 1.00 bits per heavy atom. The molecule has 0 saturated heterocycles. The molecule has 0 aromatic heterocycles. The zero-order valence-electron chi connectivity index (χ0n) is 16.7. The second-order valence-corrected chi connectivity index (χ2v) is 6.72. The molecular weight excluding hydrogens is 418 g/mol. The lowest BCUT2D eigenvalue weighted by molar-refractivity contribution is -0.118. The summed E-state index contributed by atoms with van der Waals surface area (Å²) in [5.74, 6) is 0.443. The third-order valence-corrected chi connectivity index (χ3v) is 4.44. The lowest BCUT2D eigenvalue weighted by Gasteiger charge is -2.08. The summed E-state index contributed by atoms with van der Waals surface area (Å²) in [6, 6.07) is 20.6. The molecule has 0 aliphatic heterocycles. The number of nitrogens with one attached hydrogen (secondary N) is 2. The molecule has 0 bridgehead atoms. The van der Waals surface area contributed by atoms with Crippen LogP contribution in [0.25, 0.3) is 0 Å². The van der Waals surface area contributed by atoms with Crippen LogP contribution in [-0.2, 0) is 4.79 Å². The van der Waals surface area contributed by atoms with E-state index in [1.807, 2.05) is 0 Å². The fourth-order valence-corrected chi connectivity index (χ4v) is 2.73. The first-order chi connectivity index (χ1) is 15.0. The Labute approximate surface area is 184 Å². The molecule has 0 fully saturated rings. The summed E-state index contributed by atoms with van der Waals surface area (Å²) in [6.45, 7) is -0.157. The van der Waals surface area contributed by atoms with E-state index in [4.69, 9.17) is 21.1 Å². The van der Waals surface area contributed by atoms with Crippen LogP contribution in [0.3, 0.4) is 0 Å². The number of hydrogen-bond acceptors (Lipinski definition) is 5. The Hall–Kier alpha value is -3.84. The Balaban J connectivity index is 1.47. The van der Waals surface area contributed by atoms with Crippen LogP contribution in [-0.4, -0.2) is 31.7 Å². The number of benzene rings is 3. The number of carbonyl (C=O) groups is 2. The molecule has 3 aromatic carbocycles. The first-order valence-corrected chi connectivity index (χ1v) is 9.67. The second kappa shape index (κ2) is 10.8. The number of rotatable bonds is 8. The smallest absolute Gasteiger partial charge is 0.271 e. The molecule has 2 amide bonds. The highest BCUT2D eigenvalue weighted by molar-refractivity contribution is 6.33. The summed E-state index contributed by atoms with van der Waals surface area (Å²) in [5, 5.41) is 7.09. The first-order valence-electron chi connectivity index (χ1n) is 9.30. The highest BCUT2D eigenvalue weighted by Crippen LogP contribution is 2.20. The van der Waals surface area contributed by atoms with Gasteiger partial charge < -0.3 is 14.8 Å². The van der Waals surface area contributed by atoms with E-state index in [0.29, 0.717) is 27.8 Å². The molecule has 158 valence electrons. The van der Waals surface area contributed by atoms with E-state index < -0.39 is 0 Å². The van der Waals surface area contributed by atoms with Gasteiger partial charge in [-0.25, -0.2) is 5.43 Å². The van der Waals surface area contributed by atoms with E-state index >= 15 is 0 Å². The SMILES string of the molecule is COc1cccc(C(=O)N/N=C\c2ccc(OCC(=O)Nc3ccccc3Cl)cc2)c1. The summed E-state index contributed by atoms with van der Waals surface area (Å²) in [5.41, 5.74) is 4.18. The molecule has 3 aromatic rings. The predicted molar refractivity (Wildman–Crippen MR) is 120 cm³/mol. The van der Waals surface area contributed by atoms with Crippen molar-refractivity contribution < 1.29 is 19.1 Å². The first kappa shape index (κ1) is 21.9. The van der Waals surface area contributed by atoms with Gasteiger partial charge in [0.05, 0.1) is 24.0 Å². The number of amides is 2. The average molecular weight is 438 g/mol. The van der Waals surface area contributed by atoms with Crippen LogP contribution < -0.4 is 20.2 Å². The monoisotopic (exact) mass is 437 g/mol. The van der Waals surface area contributed by atoms with Gasteiger partial charge >= 0.3 is 0 Å². The van der Waals surface area contributed by atoms with Crippen molar-refractivity contribution in [2.45, 2.75) is 0 Å².